The first kappa shape index (κ1) is 34.6. The van der Waals surface area contributed by atoms with Gasteiger partial charge in [-0.25, -0.2) is 13.1 Å². The van der Waals surface area contributed by atoms with E-state index in [1.807, 2.05) is 42.5 Å². The fourth-order valence-electron chi connectivity index (χ4n) is 6.02. The number of benzene rings is 2. The van der Waals surface area contributed by atoms with Gasteiger partial charge in [0.05, 0.1) is 29.9 Å². The van der Waals surface area contributed by atoms with Crippen molar-refractivity contribution in [2.45, 2.75) is 62.0 Å². The molecule has 0 saturated heterocycles. The second-order valence-electron chi connectivity index (χ2n) is 12.0. The number of hydrogen-bond acceptors (Lipinski definition) is 9. The third kappa shape index (κ3) is 8.77. The van der Waals surface area contributed by atoms with Crippen molar-refractivity contribution in [3.8, 4) is 23.1 Å². The van der Waals surface area contributed by atoms with Crippen LogP contribution in [0.3, 0.4) is 0 Å². The molecule has 1 aromatic heterocycles. The lowest BCUT2D eigenvalue weighted by Crippen LogP contribution is -2.51. The first-order chi connectivity index (χ1) is 23.1. The molecule has 0 spiro atoms. The van der Waals surface area contributed by atoms with Gasteiger partial charge in [0.25, 0.3) is 15.9 Å². The molecule has 13 heteroatoms. The Morgan fingerprint density at radius 2 is 1.58 bits per heavy atom. The van der Waals surface area contributed by atoms with E-state index in [2.05, 4.69) is 20.0 Å². The Morgan fingerprint density at radius 1 is 0.917 bits per heavy atom. The van der Waals surface area contributed by atoms with Gasteiger partial charge >= 0.3 is 0 Å². The smallest absolute Gasteiger partial charge is 0.264 e. The predicted molar refractivity (Wildman–Crippen MR) is 178 cm³/mol. The summed E-state index contributed by atoms with van der Waals surface area (Å²) < 4.78 is 39.7. The van der Waals surface area contributed by atoms with Crippen molar-refractivity contribution >= 4 is 27.7 Å². The Kier molecular flexibility index (Phi) is 11.4. The highest BCUT2D eigenvalue weighted by atomic mass is 32.2. The highest BCUT2D eigenvalue weighted by Gasteiger charge is 2.45. The first-order valence-corrected chi connectivity index (χ1v) is 17.6. The number of rotatable bonds is 7. The maximum Gasteiger partial charge on any atom is 0.264 e. The van der Waals surface area contributed by atoms with E-state index in [1.165, 1.54) is 19.2 Å². The van der Waals surface area contributed by atoms with Crippen molar-refractivity contribution in [2.24, 2.45) is 11.8 Å². The second-order valence-corrected chi connectivity index (χ2v) is 13.7. The molecule has 4 atom stereocenters. The summed E-state index contributed by atoms with van der Waals surface area (Å²) in [7, 11) is -0.949. The molecule has 1 aliphatic carbocycles. The number of sulfonamides is 1. The summed E-state index contributed by atoms with van der Waals surface area (Å²) in [6.45, 7) is 0.537. The summed E-state index contributed by atoms with van der Waals surface area (Å²) in [6.07, 6.45) is 6.87. The van der Waals surface area contributed by atoms with E-state index in [4.69, 9.17) is 9.47 Å². The van der Waals surface area contributed by atoms with Crippen LogP contribution in [0.15, 0.2) is 83.8 Å². The molecule has 1 aliphatic heterocycles. The summed E-state index contributed by atoms with van der Waals surface area (Å²) in [4.78, 5) is 51.7. The summed E-state index contributed by atoms with van der Waals surface area (Å²) in [6, 6.07) is 17.3. The van der Waals surface area contributed by atoms with Crippen LogP contribution in [0.4, 0.5) is 0 Å². The lowest BCUT2D eigenvalue weighted by molar-refractivity contribution is -0.140. The number of hydrogen-bond donors (Lipinski definition) is 2. The lowest BCUT2D eigenvalue weighted by Gasteiger charge is -2.26. The topological polar surface area (TPSA) is 157 Å². The van der Waals surface area contributed by atoms with E-state index in [1.54, 1.807) is 36.2 Å². The molecule has 5 rings (SSSR count). The van der Waals surface area contributed by atoms with Crippen molar-refractivity contribution < 1.29 is 32.3 Å². The zero-order valence-corrected chi connectivity index (χ0v) is 27.9. The van der Waals surface area contributed by atoms with Gasteiger partial charge in [-0.1, -0.05) is 60.7 Å². The van der Waals surface area contributed by atoms with Gasteiger partial charge < -0.3 is 19.7 Å². The van der Waals surface area contributed by atoms with Crippen molar-refractivity contribution in [3.05, 3.63) is 78.9 Å². The number of fused-ring (bicyclic) bond motifs is 1. The molecule has 2 aromatic carbocycles. The largest absolute Gasteiger partial charge is 0.481 e. The van der Waals surface area contributed by atoms with E-state index in [0.29, 0.717) is 24.7 Å². The number of aromatic nitrogens is 2. The van der Waals surface area contributed by atoms with Crippen molar-refractivity contribution in [2.75, 3.05) is 20.7 Å². The minimum absolute atomic E-state index is 0.0667. The van der Waals surface area contributed by atoms with Crippen LogP contribution in [0.5, 0.6) is 11.8 Å². The molecule has 0 radical (unpaired) electrons. The van der Waals surface area contributed by atoms with Crippen molar-refractivity contribution in [3.63, 3.8) is 0 Å². The Hall–Kier alpha value is -4.78. The summed E-state index contributed by atoms with van der Waals surface area (Å²) >= 11 is 0. The standard InChI is InChI=1S/C35H41N5O7S/c1-40-20-14-6-4-3-5-13-19-29(34(42)39-48(44,45)26-17-11-8-12-18-26)36-33(41)27-21-25(22-28(27)35(40)43)47-31-23-30(46-2)37-32(38-31)24-15-9-7-10-16-24/h3,5,7-12,15-18,23,25,27-29H,4,6,13-14,19-22H2,1-2H3,(H,36,41)(H,39,42). The SMILES string of the molecule is COc1cc(OC2CC3C(=O)NC(C(=O)NS(=O)(=O)c4ccccc4)CCC=CCCCCN(C)C(=O)C3C2)nc(-c2ccccc2)n1. The highest BCUT2D eigenvalue weighted by molar-refractivity contribution is 7.90. The summed E-state index contributed by atoms with van der Waals surface area (Å²) in [5, 5.41) is 2.78. The summed E-state index contributed by atoms with van der Waals surface area (Å²) in [5.74, 6) is -2.17. The van der Waals surface area contributed by atoms with E-state index in [-0.39, 0.29) is 35.9 Å². The normalized spacial score (nSPS) is 22.5. The minimum atomic E-state index is -4.17. The monoisotopic (exact) mass is 675 g/mol. The molecule has 3 aromatic rings. The fraction of sp³-hybridized carbons (Fsp3) is 0.400. The maximum atomic E-state index is 13.9. The van der Waals surface area contributed by atoms with Gasteiger partial charge in [0.2, 0.25) is 23.6 Å². The number of nitrogens with zero attached hydrogens (tertiary/aromatic N) is 3. The molecule has 2 aliphatic rings. The van der Waals surface area contributed by atoms with Crippen molar-refractivity contribution in [1.29, 1.82) is 0 Å². The van der Waals surface area contributed by atoms with Crippen LogP contribution in [0, 0.1) is 11.8 Å². The van der Waals surface area contributed by atoms with Gasteiger partial charge in [-0.15, -0.1) is 0 Å². The van der Waals surface area contributed by atoms with Gasteiger partial charge in [0, 0.05) is 19.2 Å². The van der Waals surface area contributed by atoms with Crippen LogP contribution >= 0.6 is 0 Å². The Labute approximate surface area is 281 Å². The van der Waals surface area contributed by atoms with Crippen LogP contribution in [0.25, 0.3) is 11.4 Å². The number of ether oxygens (including phenoxy) is 2. The molecule has 2 heterocycles. The molecule has 3 amide bonds. The number of carbonyl (C=O) groups is 3. The second kappa shape index (κ2) is 15.9. The number of amides is 3. The zero-order valence-electron chi connectivity index (χ0n) is 27.1. The van der Waals surface area contributed by atoms with Crippen LogP contribution in [0.1, 0.15) is 44.9 Å². The van der Waals surface area contributed by atoms with Crippen molar-refractivity contribution in [1.82, 2.24) is 24.9 Å². The van der Waals surface area contributed by atoms with Crippen LogP contribution in [0.2, 0.25) is 0 Å². The number of allylic oxidation sites excluding steroid dienone is 2. The third-order valence-electron chi connectivity index (χ3n) is 8.58. The lowest BCUT2D eigenvalue weighted by atomic mass is 9.93. The quantitative estimate of drug-likeness (QED) is 0.355. The van der Waals surface area contributed by atoms with Crippen LogP contribution < -0.4 is 19.5 Å². The highest BCUT2D eigenvalue weighted by Crippen LogP contribution is 2.37. The van der Waals surface area contributed by atoms with Gasteiger partial charge in [-0.3, -0.25) is 14.4 Å². The van der Waals surface area contributed by atoms with E-state index in [0.717, 1.165) is 24.8 Å². The maximum absolute atomic E-state index is 13.9. The predicted octanol–water partition coefficient (Wildman–Crippen LogP) is 3.89. The third-order valence-corrected chi connectivity index (χ3v) is 9.94. The van der Waals surface area contributed by atoms with Gasteiger partial charge in [-0.2, -0.15) is 9.97 Å². The van der Waals surface area contributed by atoms with E-state index < -0.39 is 45.8 Å². The van der Waals surface area contributed by atoms with E-state index >= 15 is 0 Å². The molecule has 48 heavy (non-hydrogen) atoms. The Balaban J connectivity index is 1.39. The average Bonchev–Trinajstić information content (AvgIpc) is 3.52. The van der Waals surface area contributed by atoms with Gasteiger partial charge in [-0.05, 0) is 57.1 Å². The number of nitrogens with one attached hydrogen (secondary N) is 2. The average molecular weight is 676 g/mol. The molecule has 1 fully saturated rings. The molecule has 1 saturated carbocycles. The molecule has 4 unspecified atom stereocenters. The minimum Gasteiger partial charge on any atom is -0.481 e. The summed E-state index contributed by atoms with van der Waals surface area (Å²) in [5.41, 5.74) is 0.765. The molecule has 12 nitrogen and oxygen atoms in total. The zero-order chi connectivity index (χ0) is 34.1. The molecule has 0 bridgehead atoms. The molecular formula is C35H41N5O7S. The Bertz CT molecular complexity index is 1720. The van der Waals surface area contributed by atoms with Crippen LogP contribution in [-0.4, -0.2) is 73.9 Å². The number of methoxy groups -OCH3 is 1. The fourth-order valence-corrected chi connectivity index (χ4v) is 7.06. The number of carbonyl (C=O) groups excluding carboxylic acids is 3. The van der Waals surface area contributed by atoms with Gasteiger partial charge in [0.15, 0.2) is 5.82 Å². The van der Waals surface area contributed by atoms with Gasteiger partial charge in [0.1, 0.15) is 12.1 Å². The Morgan fingerprint density at radius 3 is 2.31 bits per heavy atom. The van der Waals surface area contributed by atoms with Crippen LogP contribution in [-0.2, 0) is 24.4 Å². The first-order valence-electron chi connectivity index (χ1n) is 16.1. The molecule has 254 valence electrons. The molecule has 2 N–H and O–H groups in total. The molecular weight excluding hydrogens is 634 g/mol. The van der Waals surface area contributed by atoms with E-state index in [9.17, 15) is 22.8 Å².